The first-order valence-electron chi connectivity index (χ1n) is 8.12. The van der Waals surface area contributed by atoms with Gasteiger partial charge in [-0.15, -0.1) is 11.3 Å². The molecule has 0 spiro atoms. The average Bonchev–Trinajstić information content (AvgIpc) is 2.94. The van der Waals surface area contributed by atoms with Crippen LogP contribution in [0.3, 0.4) is 0 Å². The van der Waals surface area contributed by atoms with Crippen LogP contribution in [0.4, 0.5) is 0 Å². The van der Waals surface area contributed by atoms with Crippen LogP contribution in [0.2, 0.25) is 0 Å². The maximum atomic E-state index is 12.8. The molecule has 1 aromatic rings. The zero-order valence-electron chi connectivity index (χ0n) is 16.0. The Bertz CT molecular complexity index is 593. The topological polar surface area (TPSA) is 63.6 Å². The van der Waals surface area contributed by atoms with Crippen LogP contribution in [-0.2, 0) is 20.9 Å². The number of ether oxygens (including phenoxy) is 1. The Morgan fingerprint density at radius 2 is 1.62 bits per heavy atom. The van der Waals surface area contributed by atoms with Crippen molar-refractivity contribution in [3.63, 3.8) is 0 Å². The van der Waals surface area contributed by atoms with E-state index in [4.69, 9.17) is 4.74 Å². The minimum Gasteiger partial charge on any atom is -0.481 e. The highest BCUT2D eigenvalue weighted by Gasteiger charge is 2.63. The third-order valence-corrected chi connectivity index (χ3v) is 7.03. The minimum absolute atomic E-state index is 0.218. The highest BCUT2D eigenvalue weighted by Crippen LogP contribution is 2.59. The largest absolute Gasteiger partial charge is 0.481 e. The molecule has 1 unspecified atom stereocenters. The molecule has 0 saturated carbocycles. The van der Waals surface area contributed by atoms with E-state index in [1.807, 2.05) is 52.1 Å². The maximum Gasteiger partial charge on any atom is 0.312 e. The first-order chi connectivity index (χ1) is 10.7. The fraction of sp³-hybridized carbons (Fsp3) is 0.684. The van der Waals surface area contributed by atoms with Crippen molar-refractivity contribution in [1.29, 1.82) is 0 Å². The van der Waals surface area contributed by atoms with Gasteiger partial charge in [-0.05, 0) is 43.0 Å². The molecule has 0 radical (unpaired) electrons. The van der Waals surface area contributed by atoms with Gasteiger partial charge in [0.05, 0.1) is 10.8 Å². The summed E-state index contributed by atoms with van der Waals surface area (Å²) in [5.74, 6) is -1.28. The van der Waals surface area contributed by atoms with Crippen LogP contribution in [-0.4, -0.2) is 17.0 Å². The fourth-order valence-corrected chi connectivity index (χ4v) is 3.73. The summed E-state index contributed by atoms with van der Waals surface area (Å²) in [5, 5.41) is 11.9. The van der Waals surface area contributed by atoms with Crippen molar-refractivity contribution in [2.24, 2.45) is 21.7 Å². The van der Waals surface area contributed by atoms with Gasteiger partial charge in [-0.25, -0.2) is 0 Å². The van der Waals surface area contributed by atoms with E-state index in [1.165, 1.54) is 11.3 Å². The van der Waals surface area contributed by atoms with E-state index in [0.717, 1.165) is 4.88 Å². The molecule has 0 amide bonds. The molecule has 136 valence electrons. The van der Waals surface area contributed by atoms with E-state index in [0.29, 0.717) is 0 Å². The number of hydrogen-bond donors (Lipinski definition) is 1. The van der Waals surface area contributed by atoms with E-state index in [2.05, 4.69) is 0 Å². The van der Waals surface area contributed by atoms with Gasteiger partial charge in [0.2, 0.25) is 0 Å². The number of rotatable bonds is 6. The molecule has 1 rings (SSSR count). The summed E-state index contributed by atoms with van der Waals surface area (Å²) in [6.07, 6.45) is 0. The Morgan fingerprint density at radius 1 is 1.08 bits per heavy atom. The molecule has 0 saturated heterocycles. The van der Waals surface area contributed by atoms with Crippen molar-refractivity contribution in [2.45, 2.75) is 62.0 Å². The second-order valence-electron chi connectivity index (χ2n) is 8.59. The van der Waals surface area contributed by atoms with Crippen LogP contribution < -0.4 is 0 Å². The van der Waals surface area contributed by atoms with Crippen LogP contribution in [0, 0.1) is 21.7 Å². The van der Waals surface area contributed by atoms with E-state index in [9.17, 15) is 14.7 Å². The fourth-order valence-electron chi connectivity index (χ4n) is 3.12. The Morgan fingerprint density at radius 3 is 2.00 bits per heavy atom. The number of carboxylic acids is 1. The highest BCUT2D eigenvalue weighted by molar-refractivity contribution is 7.09. The molecule has 0 aliphatic carbocycles. The number of hydrogen-bond acceptors (Lipinski definition) is 4. The lowest BCUT2D eigenvalue weighted by Gasteiger charge is -2.55. The predicted molar refractivity (Wildman–Crippen MR) is 96.9 cm³/mol. The first kappa shape index (κ1) is 20.7. The van der Waals surface area contributed by atoms with Gasteiger partial charge in [-0.2, -0.15) is 0 Å². The van der Waals surface area contributed by atoms with Crippen LogP contribution >= 0.6 is 11.3 Å². The number of carbonyl (C=O) groups is 2. The molecule has 0 bridgehead atoms. The first-order valence-corrected chi connectivity index (χ1v) is 9.00. The molecular formula is C19H30O4S. The Labute approximate surface area is 149 Å². The molecule has 1 N–H and O–H groups in total. The molecule has 1 aromatic heterocycles. The predicted octanol–water partition coefficient (Wildman–Crippen LogP) is 4.98. The standard InChI is InChI=1S/C19H30O4S/c1-16(2,3)19(8,14(20)21)18(6,7)17(4,5)15(22)23-12-13-10-9-11-24-13/h9-11H,12H2,1-8H3,(H,20,21). The zero-order valence-corrected chi connectivity index (χ0v) is 16.8. The number of thiophene rings is 1. The summed E-state index contributed by atoms with van der Waals surface area (Å²) < 4.78 is 5.50. The molecule has 24 heavy (non-hydrogen) atoms. The summed E-state index contributed by atoms with van der Waals surface area (Å²) in [5.41, 5.74) is -3.46. The molecule has 0 fully saturated rings. The van der Waals surface area contributed by atoms with Gasteiger partial charge in [0.1, 0.15) is 6.61 Å². The smallest absolute Gasteiger partial charge is 0.312 e. The summed E-state index contributed by atoms with van der Waals surface area (Å²) in [6, 6.07) is 3.82. The van der Waals surface area contributed by atoms with Gasteiger partial charge >= 0.3 is 11.9 Å². The Kier molecular flexibility index (Phi) is 5.61. The molecule has 0 aliphatic rings. The average molecular weight is 355 g/mol. The highest BCUT2D eigenvalue weighted by atomic mass is 32.1. The normalized spacial score (nSPS) is 15.7. The van der Waals surface area contributed by atoms with Gasteiger partial charge < -0.3 is 9.84 Å². The van der Waals surface area contributed by atoms with Crippen LogP contribution in [0.5, 0.6) is 0 Å². The molecule has 0 aromatic carbocycles. The quantitative estimate of drug-likeness (QED) is 0.732. The SMILES string of the molecule is CC(C)(C)C(C)(C(=O)O)C(C)(C)C(C)(C)C(=O)OCc1cccs1. The van der Waals surface area contributed by atoms with E-state index in [1.54, 1.807) is 20.8 Å². The molecule has 1 heterocycles. The van der Waals surface area contributed by atoms with Crippen LogP contribution in [0.25, 0.3) is 0 Å². The number of aliphatic carboxylic acids is 1. The molecule has 5 heteroatoms. The lowest BCUT2D eigenvalue weighted by atomic mass is 9.47. The van der Waals surface area contributed by atoms with Crippen LogP contribution in [0.1, 0.15) is 60.3 Å². The van der Waals surface area contributed by atoms with Crippen molar-refractivity contribution >= 4 is 23.3 Å². The number of esters is 1. The van der Waals surface area contributed by atoms with Gasteiger partial charge in [0, 0.05) is 4.88 Å². The summed E-state index contributed by atoms with van der Waals surface area (Å²) >= 11 is 1.53. The second kappa shape index (κ2) is 6.51. The van der Waals surface area contributed by atoms with Crippen molar-refractivity contribution in [2.75, 3.05) is 0 Å². The van der Waals surface area contributed by atoms with Crippen molar-refractivity contribution < 1.29 is 19.4 Å². The Balaban J connectivity index is 3.16. The molecule has 0 aliphatic heterocycles. The van der Waals surface area contributed by atoms with Gasteiger partial charge in [-0.1, -0.05) is 40.7 Å². The third-order valence-electron chi connectivity index (χ3n) is 6.18. The molecule has 1 atom stereocenters. The monoisotopic (exact) mass is 354 g/mol. The van der Waals surface area contributed by atoms with Gasteiger partial charge in [0.15, 0.2) is 0 Å². The lowest BCUT2D eigenvalue weighted by molar-refractivity contribution is -0.190. The van der Waals surface area contributed by atoms with E-state index in [-0.39, 0.29) is 12.6 Å². The maximum absolute atomic E-state index is 12.8. The third kappa shape index (κ3) is 3.23. The van der Waals surface area contributed by atoms with E-state index >= 15 is 0 Å². The van der Waals surface area contributed by atoms with Crippen molar-refractivity contribution in [3.05, 3.63) is 22.4 Å². The Hall–Kier alpha value is -1.36. The molecular weight excluding hydrogens is 324 g/mol. The minimum atomic E-state index is -1.12. The van der Waals surface area contributed by atoms with E-state index < -0.39 is 27.6 Å². The number of carboxylic acid groups (broad SMARTS) is 1. The molecule has 4 nitrogen and oxygen atoms in total. The lowest BCUT2D eigenvalue weighted by Crippen LogP contribution is -2.59. The summed E-state index contributed by atoms with van der Waals surface area (Å²) in [7, 11) is 0. The van der Waals surface area contributed by atoms with Gasteiger partial charge in [-0.3, -0.25) is 9.59 Å². The van der Waals surface area contributed by atoms with Crippen LogP contribution in [0.15, 0.2) is 17.5 Å². The number of carbonyl (C=O) groups excluding carboxylic acids is 1. The van der Waals surface area contributed by atoms with Gasteiger partial charge in [0.25, 0.3) is 0 Å². The second-order valence-corrected chi connectivity index (χ2v) is 9.62. The zero-order chi connectivity index (χ0) is 19.0. The summed E-state index contributed by atoms with van der Waals surface area (Å²) in [4.78, 5) is 25.9. The van der Waals surface area contributed by atoms with Crippen molar-refractivity contribution in [1.82, 2.24) is 0 Å². The van der Waals surface area contributed by atoms with Crippen molar-refractivity contribution in [3.8, 4) is 0 Å². The summed E-state index contributed by atoms with van der Waals surface area (Å²) in [6.45, 7) is 14.9.